The van der Waals surface area contributed by atoms with E-state index in [1.807, 2.05) is 24.3 Å². The molecule has 3 saturated heterocycles. The summed E-state index contributed by atoms with van der Waals surface area (Å²) in [6.45, 7) is 3.62. The zero-order valence-corrected chi connectivity index (χ0v) is 11.5. The molecule has 0 spiro atoms. The second-order valence-corrected chi connectivity index (χ2v) is 5.75. The minimum atomic E-state index is 0.755. The molecule has 3 fully saturated rings. The number of fused-ring (bicyclic) bond motifs is 3. The Morgan fingerprint density at radius 3 is 2.65 bits per heavy atom. The van der Waals surface area contributed by atoms with Crippen LogP contribution in [0.2, 0.25) is 0 Å². The molecule has 5 rings (SSSR count). The molecule has 1 aromatic heterocycles. The monoisotopic (exact) mass is 266 g/mol. The predicted octanol–water partition coefficient (Wildman–Crippen LogP) is 3.45. The van der Waals surface area contributed by atoms with Gasteiger partial charge < -0.3 is 4.52 Å². The summed E-state index contributed by atoms with van der Waals surface area (Å²) in [6, 6.07) is 12.2. The smallest absolute Gasteiger partial charge is 0.160 e. The minimum Gasteiger partial charge on any atom is -0.356 e. The fraction of sp³-hybridized carbons (Fsp3) is 0.353. The summed E-state index contributed by atoms with van der Waals surface area (Å²) >= 11 is 0. The molecule has 0 radical (unpaired) electrons. The SMILES string of the molecule is C(=C1/CN2CCC1CC2)/c1cc(-c2ccccc2)no1. The molecule has 2 aromatic rings. The zero-order chi connectivity index (χ0) is 13.4. The molecule has 0 amide bonds. The highest BCUT2D eigenvalue weighted by molar-refractivity contribution is 5.62. The van der Waals surface area contributed by atoms with E-state index in [0.717, 1.165) is 29.5 Å². The van der Waals surface area contributed by atoms with E-state index in [2.05, 4.69) is 28.3 Å². The van der Waals surface area contributed by atoms with Gasteiger partial charge >= 0.3 is 0 Å². The van der Waals surface area contributed by atoms with Gasteiger partial charge in [0.25, 0.3) is 0 Å². The molecule has 20 heavy (non-hydrogen) atoms. The normalized spacial score (nSPS) is 27.1. The Morgan fingerprint density at radius 2 is 1.95 bits per heavy atom. The third-order valence-corrected chi connectivity index (χ3v) is 4.44. The standard InChI is InChI=1S/C17H18N2O/c1-2-4-14(5-3-1)17-11-16(20-18-17)10-15-12-19-8-6-13(15)7-9-19/h1-5,10-11,13H,6-9,12H2/b15-10+. The lowest BCUT2D eigenvalue weighted by Gasteiger charge is -2.40. The number of nitrogens with zero attached hydrogens (tertiary/aromatic N) is 2. The maximum absolute atomic E-state index is 5.48. The zero-order valence-electron chi connectivity index (χ0n) is 11.5. The number of benzene rings is 1. The van der Waals surface area contributed by atoms with E-state index in [1.165, 1.54) is 31.5 Å². The summed E-state index contributed by atoms with van der Waals surface area (Å²) in [5.41, 5.74) is 3.53. The summed E-state index contributed by atoms with van der Waals surface area (Å²) in [6.07, 6.45) is 4.80. The third-order valence-electron chi connectivity index (χ3n) is 4.44. The van der Waals surface area contributed by atoms with Crippen molar-refractivity contribution in [3.8, 4) is 11.3 Å². The van der Waals surface area contributed by atoms with Crippen molar-refractivity contribution >= 4 is 6.08 Å². The molecule has 102 valence electrons. The highest BCUT2D eigenvalue weighted by Crippen LogP contribution is 2.33. The van der Waals surface area contributed by atoms with E-state index in [-0.39, 0.29) is 0 Å². The van der Waals surface area contributed by atoms with Gasteiger partial charge in [-0.3, -0.25) is 4.90 Å². The van der Waals surface area contributed by atoms with Crippen LogP contribution < -0.4 is 0 Å². The Kier molecular flexibility index (Phi) is 2.92. The molecule has 3 aliphatic heterocycles. The van der Waals surface area contributed by atoms with Gasteiger partial charge in [-0.1, -0.05) is 35.5 Å². The molecular formula is C17H18N2O. The van der Waals surface area contributed by atoms with E-state index in [0.29, 0.717) is 0 Å². The molecule has 0 atom stereocenters. The average Bonchev–Trinajstić information content (AvgIpc) is 2.98. The summed E-state index contributed by atoms with van der Waals surface area (Å²) in [5.74, 6) is 1.64. The number of piperidine rings is 3. The quantitative estimate of drug-likeness (QED) is 0.833. The maximum Gasteiger partial charge on any atom is 0.160 e. The fourth-order valence-corrected chi connectivity index (χ4v) is 3.30. The number of hydrogen-bond donors (Lipinski definition) is 0. The van der Waals surface area contributed by atoms with E-state index < -0.39 is 0 Å². The molecular weight excluding hydrogens is 248 g/mol. The van der Waals surface area contributed by atoms with Crippen molar-refractivity contribution in [3.05, 3.63) is 47.7 Å². The van der Waals surface area contributed by atoms with Crippen molar-refractivity contribution in [1.82, 2.24) is 10.1 Å². The van der Waals surface area contributed by atoms with Crippen LogP contribution in [-0.2, 0) is 0 Å². The van der Waals surface area contributed by atoms with Gasteiger partial charge in [0.1, 0.15) is 5.69 Å². The first-order valence-corrected chi connectivity index (χ1v) is 7.33. The van der Waals surface area contributed by atoms with Crippen LogP contribution in [0.25, 0.3) is 17.3 Å². The Morgan fingerprint density at radius 1 is 1.15 bits per heavy atom. The fourth-order valence-electron chi connectivity index (χ4n) is 3.30. The molecule has 0 saturated carbocycles. The number of hydrogen-bond acceptors (Lipinski definition) is 3. The Balaban J connectivity index is 1.60. The van der Waals surface area contributed by atoms with Crippen LogP contribution in [0.5, 0.6) is 0 Å². The highest BCUT2D eigenvalue weighted by Gasteiger charge is 2.29. The van der Waals surface area contributed by atoms with Crippen molar-refractivity contribution in [2.45, 2.75) is 12.8 Å². The van der Waals surface area contributed by atoms with Gasteiger partial charge in [-0.25, -0.2) is 0 Å². The van der Waals surface area contributed by atoms with Crippen LogP contribution in [0, 0.1) is 5.92 Å². The van der Waals surface area contributed by atoms with Gasteiger partial charge in [0.15, 0.2) is 5.76 Å². The molecule has 3 heteroatoms. The predicted molar refractivity (Wildman–Crippen MR) is 79.1 cm³/mol. The van der Waals surface area contributed by atoms with Crippen LogP contribution in [0.15, 0.2) is 46.5 Å². The molecule has 3 nitrogen and oxygen atoms in total. The average molecular weight is 266 g/mol. The van der Waals surface area contributed by atoms with Crippen LogP contribution in [0.4, 0.5) is 0 Å². The topological polar surface area (TPSA) is 29.3 Å². The molecule has 0 unspecified atom stereocenters. The van der Waals surface area contributed by atoms with Gasteiger partial charge in [0.2, 0.25) is 0 Å². The lowest BCUT2D eigenvalue weighted by molar-refractivity contribution is 0.163. The summed E-state index contributed by atoms with van der Waals surface area (Å²) in [4.78, 5) is 2.53. The Bertz CT molecular complexity index is 621. The summed E-state index contributed by atoms with van der Waals surface area (Å²) in [5, 5.41) is 4.18. The molecule has 3 aliphatic rings. The molecule has 1 aromatic carbocycles. The van der Waals surface area contributed by atoms with Gasteiger partial charge in [-0.2, -0.15) is 0 Å². The number of rotatable bonds is 2. The van der Waals surface area contributed by atoms with Crippen molar-refractivity contribution < 1.29 is 4.52 Å². The Hall–Kier alpha value is -1.87. The second kappa shape index (κ2) is 4.91. The van der Waals surface area contributed by atoms with Crippen LogP contribution in [0.1, 0.15) is 18.6 Å². The van der Waals surface area contributed by atoms with Gasteiger partial charge in [-0.05, 0) is 43.5 Å². The third kappa shape index (κ3) is 2.18. The van der Waals surface area contributed by atoms with E-state index in [9.17, 15) is 0 Å². The lowest BCUT2D eigenvalue weighted by Crippen LogP contribution is -2.42. The van der Waals surface area contributed by atoms with Crippen molar-refractivity contribution in [2.24, 2.45) is 5.92 Å². The minimum absolute atomic E-state index is 0.755. The highest BCUT2D eigenvalue weighted by atomic mass is 16.5. The molecule has 4 heterocycles. The summed E-state index contributed by atoms with van der Waals surface area (Å²) in [7, 11) is 0. The van der Waals surface area contributed by atoms with Crippen molar-refractivity contribution in [2.75, 3.05) is 19.6 Å². The van der Waals surface area contributed by atoms with Crippen LogP contribution in [-0.4, -0.2) is 29.7 Å². The van der Waals surface area contributed by atoms with E-state index in [1.54, 1.807) is 0 Å². The maximum atomic E-state index is 5.48. The molecule has 2 bridgehead atoms. The first-order chi connectivity index (χ1) is 9.88. The first kappa shape index (κ1) is 11.9. The molecule has 0 aliphatic carbocycles. The van der Waals surface area contributed by atoms with Crippen molar-refractivity contribution in [3.63, 3.8) is 0 Å². The lowest BCUT2D eigenvalue weighted by atomic mass is 9.83. The number of aromatic nitrogens is 1. The van der Waals surface area contributed by atoms with Crippen LogP contribution >= 0.6 is 0 Å². The van der Waals surface area contributed by atoms with Gasteiger partial charge in [0, 0.05) is 18.2 Å². The largest absolute Gasteiger partial charge is 0.356 e. The van der Waals surface area contributed by atoms with E-state index >= 15 is 0 Å². The Labute approximate surface area is 118 Å². The van der Waals surface area contributed by atoms with Crippen LogP contribution in [0.3, 0.4) is 0 Å². The van der Waals surface area contributed by atoms with E-state index in [4.69, 9.17) is 4.52 Å². The van der Waals surface area contributed by atoms with Gasteiger partial charge in [0.05, 0.1) is 0 Å². The first-order valence-electron chi connectivity index (χ1n) is 7.33. The van der Waals surface area contributed by atoms with Crippen molar-refractivity contribution in [1.29, 1.82) is 0 Å². The molecule has 0 N–H and O–H groups in total. The second-order valence-electron chi connectivity index (χ2n) is 5.75. The summed E-state index contributed by atoms with van der Waals surface area (Å²) < 4.78 is 5.48. The van der Waals surface area contributed by atoms with Gasteiger partial charge in [-0.15, -0.1) is 0 Å².